The van der Waals surface area contributed by atoms with Crippen molar-refractivity contribution in [2.45, 2.75) is 25.9 Å². The van der Waals surface area contributed by atoms with Crippen molar-refractivity contribution in [3.8, 4) is 0 Å². The van der Waals surface area contributed by atoms with Gasteiger partial charge in [-0.25, -0.2) is 4.57 Å². The Morgan fingerprint density at radius 2 is 1.67 bits per heavy atom. The second kappa shape index (κ2) is 8.06. The third-order valence-corrected chi connectivity index (χ3v) is 1.06. The molecule has 0 amide bonds. The van der Waals surface area contributed by atoms with E-state index in [0.717, 1.165) is 6.54 Å². The molecular weight excluding hydrogens is 238 g/mol. The van der Waals surface area contributed by atoms with Crippen LogP contribution in [0.1, 0.15) is 19.8 Å². The third kappa shape index (κ3) is 41.4. The first-order chi connectivity index (χ1) is 6.56. The van der Waals surface area contributed by atoms with Crippen LogP contribution in [0.4, 0.5) is 13.2 Å². The average Bonchev–Trinajstić information content (AvgIpc) is 1.93. The number of phosphoric acid groups is 1. The van der Waals surface area contributed by atoms with Crippen molar-refractivity contribution in [1.82, 2.24) is 5.32 Å². The molecule has 0 spiro atoms. The van der Waals surface area contributed by atoms with E-state index in [1.165, 1.54) is 0 Å². The fourth-order valence-electron chi connectivity index (χ4n) is 0.591. The smallest absolute Gasteiger partial charge is 0.317 e. The highest BCUT2D eigenvalue weighted by Gasteiger charge is 2.25. The Bertz CT molecular complexity index is 185. The molecular formula is C6H15F3NO4P. The summed E-state index contributed by atoms with van der Waals surface area (Å²) in [6, 6.07) is 0. The maximum Gasteiger partial charge on any atom is 0.466 e. The first kappa shape index (κ1) is 17.3. The van der Waals surface area contributed by atoms with E-state index in [0.29, 0.717) is 6.54 Å². The van der Waals surface area contributed by atoms with Crippen LogP contribution in [0.2, 0.25) is 0 Å². The Morgan fingerprint density at radius 3 is 1.93 bits per heavy atom. The Kier molecular flexibility index (Phi) is 9.28. The van der Waals surface area contributed by atoms with Crippen LogP contribution in [-0.4, -0.2) is 33.9 Å². The molecule has 0 aliphatic rings. The summed E-state index contributed by atoms with van der Waals surface area (Å²) >= 11 is 0. The maximum atomic E-state index is 11.5. The third-order valence-electron chi connectivity index (χ3n) is 1.06. The first-order valence-corrected chi connectivity index (χ1v) is 5.68. The summed E-state index contributed by atoms with van der Waals surface area (Å²) < 4.78 is 43.2. The van der Waals surface area contributed by atoms with Gasteiger partial charge in [-0.05, 0) is 19.5 Å². The van der Waals surface area contributed by atoms with Crippen molar-refractivity contribution in [3.63, 3.8) is 0 Å². The van der Waals surface area contributed by atoms with E-state index in [1.54, 1.807) is 0 Å². The van der Waals surface area contributed by atoms with Gasteiger partial charge in [0, 0.05) is 6.42 Å². The minimum absolute atomic E-state index is 0.178. The predicted octanol–water partition coefficient (Wildman–Crippen LogP) is 1.01. The molecule has 0 aromatic carbocycles. The molecule has 0 radical (unpaired) electrons. The van der Waals surface area contributed by atoms with Gasteiger partial charge in [0.15, 0.2) is 0 Å². The molecule has 0 aliphatic carbocycles. The minimum atomic E-state index is -4.64. The Morgan fingerprint density at radius 1 is 1.27 bits per heavy atom. The van der Waals surface area contributed by atoms with E-state index in [2.05, 4.69) is 5.32 Å². The standard InChI is InChI=1S/C6H12F3N.H3O4P/c1-2-10-5-3-4-6(7,8)9;1-5(2,3)4/h10H,2-5H2,1H3;(H3,1,2,3,4). The van der Waals surface area contributed by atoms with Crippen molar-refractivity contribution in [1.29, 1.82) is 0 Å². The summed E-state index contributed by atoms with van der Waals surface area (Å²) in [4.78, 5) is 21.6. The summed E-state index contributed by atoms with van der Waals surface area (Å²) in [5.41, 5.74) is 0. The van der Waals surface area contributed by atoms with Crippen LogP contribution in [0.15, 0.2) is 0 Å². The molecule has 94 valence electrons. The second-order valence-electron chi connectivity index (χ2n) is 2.59. The number of alkyl halides is 3. The van der Waals surface area contributed by atoms with E-state index >= 15 is 0 Å². The van der Waals surface area contributed by atoms with Gasteiger partial charge in [0.05, 0.1) is 0 Å². The van der Waals surface area contributed by atoms with Gasteiger partial charge in [-0.2, -0.15) is 13.2 Å². The van der Waals surface area contributed by atoms with Crippen molar-refractivity contribution in [2.75, 3.05) is 13.1 Å². The van der Waals surface area contributed by atoms with E-state index in [-0.39, 0.29) is 6.42 Å². The average molecular weight is 253 g/mol. The van der Waals surface area contributed by atoms with Crippen LogP contribution in [-0.2, 0) is 4.57 Å². The van der Waals surface area contributed by atoms with Crippen molar-refractivity contribution in [2.24, 2.45) is 0 Å². The van der Waals surface area contributed by atoms with Gasteiger partial charge in [0.1, 0.15) is 0 Å². The molecule has 0 fully saturated rings. The number of hydrogen-bond acceptors (Lipinski definition) is 2. The maximum absolute atomic E-state index is 11.5. The Balaban J connectivity index is 0. The molecule has 0 saturated heterocycles. The lowest BCUT2D eigenvalue weighted by molar-refractivity contribution is -0.135. The molecule has 0 aliphatic heterocycles. The Labute approximate surface area is 85.5 Å². The predicted molar refractivity (Wildman–Crippen MR) is 48.1 cm³/mol. The van der Waals surface area contributed by atoms with Crippen molar-refractivity contribution >= 4 is 7.82 Å². The SMILES string of the molecule is CCNCCCC(F)(F)F.O=P(O)(O)O. The Hall–Kier alpha value is -0.140. The molecule has 0 heterocycles. The van der Waals surface area contributed by atoms with E-state index < -0.39 is 20.4 Å². The quantitative estimate of drug-likeness (QED) is 0.443. The van der Waals surface area contributed by atoms with Gasteiger partial charge in [-0.1, -0.05) is 6.92 Å². The minimum Gasteiger partial charge on any atom is -0.317 e. The van der Waals surface area contributed by atoms with Crippen LogP contribution >= 0.6 is 7.82 Å². The van der Waals surface area contributed by atoms with Crippen molar-refractivity contribution < 1.29 is 32.4 Å². The molecule has 0 unspecified atom stereocenters. The van der Waals surface area contributed by atoms with E-state index in [1.807, 2.05) is 6.92 Å². The zero-order valence-electron chi connectivity index (χ0n) is 8.16. The highest BCUT2D eigenvalue weighted by molar-refractivity contribution is 7.45. The fraction of sp³-hybridized carbons (Fsp3) is 1.00. The summed E-state index contributed by atoms with van der Waals surface area (Å²) in [6.45, 7) is 3.06. The molecule has 0 saturated carbocycles. The molecule has 0 aromatic heterocycles. The first-order valence-electron chi connectivity index (χ1n) is 4.12. The van der Waals surface area contributed by atoms with Crippen LogP contribution in [0.3, 0.4) is 0 Å². The molecule has 0 aromatic rings. The number of halogens is 3. The number of hydrogen-bond donors (Lipinski definition) is 4. The van der Waals surface area contributed by atoms with Crippen LogP contribution in [0, 0.1) is 0 Å². The normalized spacial score (nSPS) is 11.9. The second-order valence-corrected chi connectivity index (χ2v) is 3.61. The molecule has 15 heavy (non-hydrogen) atoms. The van der Waals surface area contributed by atoms with Crippen molar-refractivity contribution in [3.05, 3.63) is 0 Å². The van der Waals surface area contributed by atoms with E-state index in [4.69, 9.17) is 19.2 Å². The van der Waals surface area contributed by atoms with E-state index in [9.17, 15) is 13.2 Å². The zero-order valence-corrected chi connectivity index (χ0v) is 9.05. The summed E-state index contributed by atoms with van der Waals surface area (Å²) in [5, 5.41) is 2.82. The van der Waals surface area contributed by atoms with Gasteiger partial charge >= 0.3 is 14.0 Å². The monoisotopic (exact) mass is 253 g/mol. The lowest BCUT2D eigenvalue weighted by Gasteiger charge is -2.05. The van der Waals surface area contributed by atoms with Crippen LogP contribution < -0.4 is 5.32 Å². The number of nitrogens with one attached hydrogen (secondary N) is 1. The topological polar surface area (TPSA) is 89.8 Å². The van der Waals surface area contributed by atoms with Gasteiger partial charge in [-0.3, -0.25) is 0 Å². The van der Waals surface area contributed by atoms with Gasteiger partial charge in [0.2, 0.25) is 0 Å². The summed E-state index contributed by atoms with van der Waals surface area (Å²) in [7, 11) is -4.64. The molecule has 0 atom stereocenters. The highest BCUT2D eigenvalue weighted by Crippen LogP contribution is 2.25. The summed E-state index contributed by atoms with van der Waals surface area (Å²) in [6.07, 6.45) is -4.49. The molecule has 0 rings (SSSR count). The largest absolute Gasteiger partial charge is 0.466 e. The zero-order chi connectivity index (χ0) is 12.5. The highest BCUT2D eigenvalue weighted by atomic mass is 31.2. The fourth-order valence-corrected chi connectivity index (χ4v) is 0.591. The van der Waals surface area contributed by atoms with Crippen LogP contribution in [0.5, 0.6) is 0 Å². The lowest BCUT2D eigenvalue weighted by Crippen LogP contribution is -2.17. The van der Waals surface area contributed by atoms with Gasteiger partial charge in [-0.15, -0.1) is 0 Å². The molecule has 0 bridgehead atoms. The number of rotatable bonds is 4. The van der Waals surface area contributed by atoms with Gasteiger partial charge in [0.25, 0.3) is 0 Å². The lowest BCUT2D eigenvalue weighted by atomic mass is 10.3. The van der Waals surface area contributed by atoms with Gasteiger partial charge < -0.3 is 20.0 Å². The van der Waals surface area contributed by atoms with Crippen LogP contribution in [0.25, 0.3) is 0 Å². The molecule has 9 heteroatoms. The summed E-state index contributed by atoms with van der Waals surface area (Å²) in [5.74, 6) is 0. The molecule has 5 nitrogen and oxygen atoms in total. The molecule has 4 N–H and O–H groups in total.